The number of esters is 1. The van der Waals surface area contributed by atoms with Crippen molar-refractivity contribution in [2.24, 2.45) is 5.92 Å². The van der Waals surface area contributed by atoms with Crippen molar-refractivity contribution >= 4 is 46.0 Å². The van der Waals surface area contributed by atoms with E-state index >= 15 is 0 Å². The van der Waals surface area contributed by atoms with E-state index in [1.165, 1.54) is 43.9 Å². The lowest BCUT2D eigenvalue weighted by Gasteiger charge is -2.21. The predicted molar refractivity (Wildman–Crippen MR) is 110 cm³/mol. The zero-order chi connectivity index (χ0) is 19.1. The first kappa shape index (κ1) is 20.0. The van der Waals surface area contributed by atoms with Crippen molar-refractivity contribution in [2.45, 2.75) is 37.0 Å². The number of hydrogen-bond donors (Lipinski definition) is 1. The monoisotopic (exact) mass is 405 g/mol. The molecule has 0 saturated heterocycles. The molecule has 1 N–H and O–H groups in total. The summed E-state index contributed by atoms with van der Waals surface area (Å²) in [7, 11) is 0. The van der Waals surface area contributed by atoms with Gasteiger partial charge in [-0.25, -0.2) is 0 Å². The molecule has 0 atom stereocenters. The first-order chi connectivity index (χ1) is 13.1. The lowest BCUT2D eigenvalue weighted by molar-refractivity contribution is -0.146. The third kappa shape index (κ3) is 5.88. The quantitative estimate of drug-likeness (QED) is 0.529. The Bertz CT molecular complexity index is 800. The summed E-state index contributed by atoms with van der Waals surface area (Å²) < 4.78 is 5.10. The maximum absolute atomic E-state index is 12.0. The minimum Gasteiger partial charge on any atom is -0.455 e. The van der Waals surface area contributed by atoms with Gasteiger partial charge in [0.25, 0.3) is 5.91 Å². The minimum atomic E-state index is -0.406. The average molecular weight is 406 g/mol. The summed E-state index contributed by atoms with van der Waals surface area (Å²) in [5, 5.41) is 5.50. The second-order valence-corrected chi connectivity index (χ2v) is 8.28. The molecule has 0 unspecified atom stereocenters. The van der Waals surface area contributed by atoms with Gasteiger partial charge in [0.15, 0.2) is 6.61 Å². The fraction of sp³-hybridized carbons (Fsp3) is 0.429. The highest BCUT2D eigenvalue weighted by atomic mass is 35.5. The summed E-state index contributed by atoms with van der Waals surface area (Å²) in [5.41, 5.74) is 0. The maximum Gasteiger partial charge on any atom is 0.316 e. The first-order valence-electron chi connectivity index (χ1n) is 9.36. The Labute approximate surface area is 169 Å². The van der Waals surface area contributed by atoms with Crippen molar-refractivity contribution in [1.82, 2.24) is 5.32 Å². The fourth-order valence-electron chi connectivity index (χ4n) is 3.41. The van der Waals surface area contributed by atoms with Gasteiger partial charge < -0.3 is 10.1 Å². The summed E-state index contributed by atoms with van der Waals surface area (Å²) in [6.45, 7) is 0.460. The van der Waals surface area contributed by atoms with Crippen LogP contribution in [0.5, 0.6) is 0 Å². The molecule has 1 aliphatic rings. The van der Waals surface area contributed by atoms with Crippen molar-refractivity contribution < 1.29 is 14.3 Å². The summed E-state index contributed by atoms with van der Waals surface area (Å²) in [5.74, 6) is 0.0642. The number of carbonyl (C=O) groups is 2. The zero-order valence-corrected chi connectivity index (χ0v) is 16.8. The van der Waals surface area contributed by atoms with Gasteiger partial charge in [0, 0.05) is 21.8 Å². The molecule has 1 saturated carbocycles. The zero-order valence-electron chi connectivity index (χ0n) is 15.2. The molecule has 0 bridgehead atoms. The largest absolute Gasteiger partial charge is 0.455 e. The second-order valence-electron chi connectivity index (χ2n) is 6.85. The first-order valence-corrected chi connectivity index (χ1v) is 10.7. The molecular weight excluding hydrogens is 382 g/mol. The van der Waals surface area contributed by atoms with Crippen LogP contribution in [0.25, 0.3) is 10.8 Å². The third-order valence-corrected chi connectivity index (χ3v) is 6.18. The van der Waals surface area contributed by atoms with Crippen LogP contribution in [-0.2, 0) is 14.3 Å². The molecule has 0 spiro atoms. The van der Waals surface area contributed by atoms with E-state index in [0.29, 0.717) is 17.5 Å². The van der Waals surface area contributed by atoms with Gasteiger partial charge in [0.1, 0.15) is 0 Å². The smallest absolute Gasteiger partial charge is 0.316 e. The van der Waals surface area contributed by atoms with Crippen LogP contribution in [0.1, 0.15) is 32.1 Å². The average Bonchev–Trinajstić information content (AvgIpc) is 2.70. The van der Waals surface area contributed by atoms with E-state index in [1.54, 1.807) is 0 Å². The van der Waals surface area contributed by atoms with Gasteiger partial charge >= 0.3 is 5.97 Å². The Morgan fingerprint density at radius 1 is 1.11 bits per heavy atom. The molecule has 1 amide bonds. The van der Waals surface area contributed by atoms with Crippen LogP contribution < -0.4 is 5.32 Å². The van der Waals surface area contributed by atoms with Crippen molar-refractivity contribution in [3.63, 3.8) is 0 Å². The molecule has 0 aromatic heterocycles. The van der Waals surface area contributed by atoms with Crippen molar-refractivity contribution in [3.8, 4) is 0 Å². The van der Waals surface area contributed by atoms with Crippen LogP contribution in [0.3, 0.4) is 0 Å². The van der Waals surface area contributed by atoms with E-state index in [-0.39, 0.29) is 18.3 Å². The molecule has 1 fully saturated rings. The van der Waals surface area contributed by atoms with Crippen LogP contribution in [0.15, 0.2) is 41.3 Å². The van der Waals surface area contributed by atoms with Gasteiger partial charge in [0.05, 0.1) is 5.75 Å². The number of nitrogens with one attached hydrogen (secondary N) is 1. The molecule has 4 nitrogen and oxygen atoms in total. The Morgan fingerprint density at radius 3 is 2.63 bits per heavy atom. The molecule has 2 aromatic carbocycles. The topological polar surface area (TPSA) is 55.4 Å². The predicted octanol–water partition coefficient (Wildman–Crippen LogP) is 4.83. The van der Waals surface area contributed by atoms with Crippen LogP contribution in [0.4, 0.5) is 0 Å². The van der Waals surface area contributed by atoms with Crippen LogP contribution in [-0.4, -0.2) is 30.8 Å². The molecule has 0 aliphatic heterocycles. The Hall–Kier alpha value is -1.72. The molecule has 1 aliphatic carbocycles. The number of halogens is 1. The summed E-state index contributed by atoms with van der Waals surface area (Å²) in [6, 6.07) is 11.6. The number of carbonyl (C=O) groups excluding carboxylic acids is 2. The van der Waals surface area contributed by atoms with Gasteiger partial charge in [-0.05, 0) is 36.3 Å². The summed E-state index contributed by atoms with van der Waals surface area (Å²) in [6.07, 6.45) is 6.12. The fourth-order valence-corrected chi connectivity index (χ4v) is 4.65. The molecule has 0 heterocycles. The standard InChI is InChI=1S/C21H24ClNO3S/c22-17-10-4-8-16-9-5-11-18(21(16)17)27-14-20(25)26-13-19(24)23-12-15-6-2-1-3-7-15/h4-5,8-11,15H,1-3,6-7,12-14H2,(H,23,24). The van der Waals surface area contributed by atoms with Crippen molar-refractivity contribution in [3.05, 3.63) is 41.4 Å². The molecule has 6 heteroatoms. The highest BCUT2D eigenvalue weighted by molar-refractivity contribution is 8.00. The molecule has 144 valence electrons. The maximum atomic E-state index is 12.0. The molecule has 2 aromatic rings. The SMILES string of the molecule is O=C(COC(=O)CSc1cccc2cccc(Cl)c12)NCC1CCCCC1. The van der Waals surface area contributed by atoms with E-state index < -0.39 is 5.97 Å². The molecular formula is C21H24ClNO3S. The van der Waals surface area contributed by atoms with Gasteiger partial charge in [0.2, 0.25) is 0 Å². The highest BCUT2D eigenvalue weighted by Crippen LogP contribution is 2.33. The van der Waals surface area contributed by atoms with Crippen LogP contribution in [0.2, 0.25) is 5.02 Å². The third-order valence-electron chi connectivity index (χ3n) is 4.84. The van der Waals surface area contributed by atoms with Gasteiger partial charge in [-0.2, -0.15) is 0 Å². The minimum absolute atomic E-state index is 0.139. The van der Waals surface area contributed by atoms with Crippen molar-refractivity contribution in [1.29, 1.82) is 0 Å². The van der Waals surface area contributed by atoms with E-state index in [4.69, 9.17) is 16.3 Å². The number of ether oxygens (including phenoxy) is 1. The number of thioether (sulfide) groups is 1. The Kier molecular flexibility index (Phi) is 7.41. The molecule has 3 rings (SSSR count). The number of benzene rings is 2. The van der Waals surface area contributed by atoms with Gasteiger partial charge in [-0.1, -0.05) is 55.1 Å². The summed E-state index contributed by atoms with van der Waals surface area (Å²) in [4.78, 5) is 24.8. The van der Waals surface area contributed by atoms with Gasteiger partial charge in [-0.3, -0.25) is 9.59 Å². The normalized spacial score (nSPS) is 14.9. The highest BCUT2D eigenvalue weighted by Gasteiger charge is 2.15. The number of fused-ring (bicyclic) bond motifs is 1. The Balaban J connectivity index is 1.43. The number of amides is 1. The Morgan fingerprint density at radius 2 is 1.85 bits per heavy atom. The van der Waals surface area contributed by atoms with Gasteiger partial charge in [-0.15, -0.1) is 11.8 Å². The van der Waals surface area contributed by atoms with Crippen molar-refractivity contribution in [2.75, 3.05) is 18.9 Å². The van der Waals surface area contributed by atoms with Crippen LogP contribution in [0, 0.1) is 5.92 Å². The number of hydrogen-bond acceptors (Lipinski definition) is 4. The van der Waals surface area contributed by atoms with E-state index in [9.17, 15) is 9.59 Å². The lowest BCUT2D eigenvalue weighted by atomic mass is 9.89. The molecule has 0 radical (unpaired) electrons. The van der Waals surface area contributed by atoms with E-state index in [0.717, 1.165) is 15.7 Å². The van der Waals surface area contributed by atoms with E-state index in [2.05, 4.69) is 5.32 Å². The van der Waals surface area contributed by atoms with E-state index in [1.807, 2.05) is 36.4 Å². The van der Waals surface area contributed by atoms with Crippen LogP contribution >= 0.6 is 23.4 Å². The second kappa shape index (κ2) is 10.00. The molecule has 27 heavy (non-hydrogen) atoms. The lowest BCUT2D eigenvalue weighted by Crippen LogP contribution is -2.33. The summed E-state index contributed by atoms with van der Waals surface area (Å²) >= 11 is 7.67. The number of rotatable bonds is 7.